The summed E-state index contributed by atoms with van der Waals surface area (Å²) in [6.45, 7) is 3.54. The average molecular weight is 498 g/mol. The number of aromatic amines is 1. The van der Waals surface area contributed by atoms with E-state index in [2.05, 4.69) is 15.0 Å². The highest BCUT2D eigenvalue weighted by Crippen LogP contribution is 2.31. The smallest absolute Gasteiger partial charge is 0.200 e. The van der Waals surface area contributed by atoms with Crippen molar-refractivity contribution in [2.75, 3.05) is 0 Å². The Morgan fingerprint density at radius 2 is 1.76 bits per heavy atom. The summed E-state index contributed by atoms with van der Waals surface area (Å²) in [5.41, 5.74) is 2.59. The molecule has 0 amide bonds. The number of aromatic nitrogens is 3. The van der Waals surface area contributed by atoms with Gasteiger partial charge in [0.1, 0.15) is 11.6 Å². The number of H-pyrrole nitrogens is 1. The van der Waals surface area contributed by atoms with Gasteiger partial charge >= 0.3 is 0 Å². The molecule has 0 bridgehead atoms. The van der Waals surface area contributed by atoms with E-state index in [9.17, 15) is 18.4 Å². The van der Waals surface area contributed by atoms with Crippen LogP contribution in [0.2, 0.25) is 0 Å². The van der Waals surface area contributed by atoms with Crippen LogP contribution in [0.1, 0.15) is 27.3 Å². The first-order valence-corrected chi connectivity index (χ1v) is 11.5. The summed E-state index contributed by atoms with van der Waals surface area (Å²) >= 11 is 0. The van der Waals surface area contributed by atoms with Gasteiger partial charge in [-0.25, -0.2) is 8.78 Å². The minimum atomic E-state index is -0.647. The third-order valence-corrected chi connectivity index (χ3v) is 6.02. The van der Waals surface area contributed by atoms with E-state index in [0.717, 1.165) is 5.69 Å². The third-order valence-electron chi connectivity index (χ3n) is 6.02. The summed E-state index contributed by atoms with van der Waals surface area (Å²) in [5, 5.41) is 0.698. The fraction of sp³-hybridized carbons (Fsp3) is 0.103. The highest BCUT2D eigenvalue weighted by molar-refractivity contribution is 5.98. The molecule has 0 unspecified atom stereocenters. The van der Waals surface area contributed by atoms with Crippen molar-refractivity contribution in [2.24, 2.45) is 0 Å². The summed E-state index contributed by atoms with van der Waals surface area (Å²) in [6.07, 6.45) is 4.34. The number of carbonyl (C=O) groups is 1. The molecular formula is C29H21F2N3O3. The van der Waals surface area contributed by atoms with E-state index >= 15 is 0 Å². The van der Waals surface area contributed by atoms with Crippen LogP contribution >= 0.6 is 0 Å². The van der Waals surface area contributed by atoms with Crippen LogP contribution in [0.4, 0.5) is 8.78 Å². The van der Waals surface area contributed by atoms with E-state index in [1.165, 1.54) is 42.6 Å². The Morgan fingerprint density at radius 3 is 2.51 bits per heavy atom. The molecule has 2 aromatic carbocycles. The Bertz CT molecular complexity index is 1710. The normalized spacial score (nSPS) is 11.0. The minimum absolute atomic E-state index is 0.00931. The number of benzene rings is 2. The van der Waals surface area contributed by atoms with Crippen molar-refractivity contribution in [3.05, 3.63) is 118 Å². The standard InChI is InChI=1S/C29H21F2N3O3/c1-16-11-21-24(15-33-16)32-10-9-26(21)37-27-8-3-18(12-23(27)31)13-25(35)22-14-34-17(2)28(29(22)36)19-4-6-20(30)7-5-19/h3-12,14-15H,13H2,1-2H3,(H,34,36). The van der Waals surface area contributed by atoms with Gasteiger partial charge in [-0.3, -0.25) is 19.6 Å². The lowest BCUT2D eigenvalue weighted by atomic mass is 9.98. The van der Waals surface area contributed by atoms with Gasteiger partial charge in [-0.05, 0) is 61.4 Å². The zero-order valence-electron chi connectivity index (χ0n) is 20.0. The molecule has 0 fully saturated rings. The number of nitrogens with zero attached hydrogens (tertiary/aromatic N) is 2. The molecular weight excluding hydrogens is 476 g/mol. The fourth-order valence-electron chi connectivity index (χ4n) is 4.15. The van der Waals surface area contributed by atoms with Crippen LogP contribution in [0.5, 0.6) is 11.5 Å². The van der Waals surface area contributed by atoms with Crippen LogP contribution in [0.3, 0.4) is 0 Å². The second-order valence-corrected chi connectivity index (χ2v) is 8.66. The van der Waals surface area contributed by atoms with Gasteiger partial charge in [0, 0.05) is 41.2 Å². The molecule has 0 atom stereocenters. The molecule has 0 radical (unpaired) electrons. The van der Waals surface area contributed by atoms with Gasteiger partial charge in [-0.1, -0.05) is 18.2 Å². The van der Waals surface area contributed by atoms with Gasteiger partial charge in [0.05, 0.1) is 17.3 Å². The van der Waals surface area contributed by atoms with Crippen LogP contribution in [-0.4, -0.2) is 20.7 Å². The number of hydrogen-bond donors (Lipinski definition) is 1. The van der Waals surface area contributed by atoms with Crippen LogP contribution in [-0.2, 0) is 6.42 Å². The number of rotatable bonds is 6. The van der Waals surface area contributed by atoms with Crippen molar-refractivity contribution < 1.29 is 18.3 Å². The molecule has 3 aromatic heterocycles. The number of Topliss-reactive ketones (excluding diaryl/α,β-unsaturated/α-hetero) is 1. The Kier molecular flexibility index (Phi) is 6.31. The monoisotopic (exact) mass is 497 g/mol. The first-order chi connectivity index (χ1) is 17.8. The van der Waals surface area contributed by atoms with Gasteiger partial charge in [-0.15, -0.1) is 0 Å². The highest BCUT2D eigenvalue weighted by Gasteiger charge is 2.18. The summed E-state index contributed by atoms with van der Waals surface area (Å²) < 4.78 is 34.1. The van der Waals surface area contributed by atoms with Gasteiger partial charge in [0.2, 0.25) is 0 Å². The molecule has 5 rings (SSSR count). The number of halogens is 2. The van der Waals surface area contributed by atoms with Crippen molar-refractivity contribution >= 4 is 16.7 Å². The van der Waals surface area contributed by atoms with Gasteiger partial charge in [0.15, 0.2) is 22.8 Å². The molecule has 6 nitrogen and oxygen atoms in total. The number of fused-ring (bicyclic) bond motifs is 1. The van der Waals surface area contributed by atoms with E-state index in [0.29, 0.717) is 33.5 Å². The molecule has 0 aliphatic carbocycles. The van der Waals surface area contributed by atoms with Gasteiger partial charge in [-0.2, -0.15) is 0 Å². The topological polar surface area (TPSA) is 84.9 Å². The van der Waals surface area contributed by atoms with E-state index in [1.807, 2.05) is 13.0 Å². The Balaban J connectivity index is 1.40. The Hall–Kier alpha value is -4.72. The third kappa shape index (κ3) is 4.86. The Labute approximate surface area is 210 Å². The predicted molar refractivity (Wildman–Crippen MR) is 136 cm³/mol. The summed E-state index contributed by atoms with van der Waals surface area (Å²) in [5.74, 6) is -1.13. The maximum atomic E-state index is 15.0. The van der Waals surface area contributed by atoms with Crippen molar-refractivity contribution in [1.82, 2.24) is 15.0 Å². The molecule has 37 heavy (non-hydrogen) atoms. The van der Waals surface area contributed by atoms with Crippen LogP contribution in [0.25, 0.3) is 22.0 Å². The quantitative estimate of drug-likeness (QED) is 0.287. The lowest BCUT2D eigenvalue weighted by Crippen LogP contribution is -2.20. The maximum Gasteiger partial charge on any atom is 0.200 e. The second-order valence-electron chi connectivity index (χ2n) is 8.66. The van der Waals surface area contributed by atoms with Crippen molar-refractivity contribution in [2.45, 2.75) is 20.3 Å². The molecule has 0 saturated carbocycles. The number of carbonyl (C=O) groups excluding carboxylic acids is 1. The van der Waals surface area contributed by atoms with E-state index in [-0.39, 0.29) is 23.3 Å². The largest absolute Gasteiger partial charge is 0.454 e. The molecule has 1 N–H and O–H groups in total. The number of pyridine rings is 3. The molecule has 0 saturated heterocycles. The molecule has 8 heteroatoms. The van der Waals surface area contributed by atoms with E-state index in [4.69, 9.17) is 4.74 Å². The average Bonchev–Trinajstić information content (AvgIpc) is 2.87. The first kappa shape index (κ1) is 24.0. The van der Waals surface area contributed by atoms with Crippen LogP contribution < -0.4 is 10.2 Å². The molecule has 0 aliphatic heterocycles. The zero-order chi connectivity index (χ0) is 26.1. The molecule has 5 aromatic rings. The summed E-state index contributed by atoms with van der Waals surface area (Å²) in [6, 6.07) is 13.2. The highest BCUT2D eigenvalue weighted by atomic mass is 19.1. The molecule has 0 aliphatic rings. The molecule has 0 spiro atoms. The van der Waals surface area contributed by atoms with Gasteiger partial charge in [0.25, 0.3) is 0 Å². The predicted octanol–water partition coefficient (Wildman–Crippen LogP) is 6.10. The fourth-order valence-corrected chi connectivity index (χ4v) is 4.15. The number of ether oxygens (including phenoxy) is 1. The van der Waals surface area contributed by atoms with Crippen LogP contribution in [0, 0.1) is 25.5 Å². The lowest BCUT2D eigenvalue weighted by molar-refractivity contribution is 0.0991. The number of aryl methyl sites for hydroxylation is 2. The second kappa shape index (κ2) is 9.73. The summed E-state index contributed by atoms with van der Waals surface area (Å²) in [4.78, 5) is 37.5. The number of hydrogen-bond acceptors (Lipinski definition) is 5. The lowest BCUT2D eigenvalue weighted by Gasteiger charge is -2.11. The van der Waals surface area contributed by atoms with E-state index in [1.54, 1.807) is 31.5 Å². The van der Waals surface area contributed by atoms with Crippen molar-refractivity contribution in [3.63, 3.8) is 0 Å². The first-order valence-electron chi connectivity index (χ1n) is 11.5. The number of nitrogens with one attached hydrogen (secondary N) is 1. The van der Waals surface area contributed by atoms with E-state index < -0.39 is 22.8 Å². The van der Waals surface area contributed by atoms with Gasteiger partial charge < -0.3 is 9.72 Å². The Morgan fingerprint density at radius 1 is 0.973 bits per heavy atom. The molecule has 184 valence electrons. The van der Waals surface area contributed by atoms with Crippen LogP contribution in [0.15, 0.2) is 78.0 Å². The zero-order valence-corrected chi connectivity index (χ0v) is 20.0. The maximum absolute atomic E-state index is 15.0. The number of ketones is 1. The van der Waals surface area contributed by atoms with Crippen molar-refractivity contribution in [1.29, 1.82) is 0 Å². The minimum Gasteiger partial charge on any atom is -0.454 e. The SMILES string of the molecule is Cc1cc2c(Oc3ccc(CC(=O)c4c[nH]c(C)c(-c5ccc(F)cc5)c4=O)cc3F)ccnc2cn1. The molecule has 3 heterocycles. The van der Waals surface area contributed by atoms with Crippen molar-refractivity contribution in [3.8, 4) is 22.6 Å². The summed E-state index contributed by atoms with van der Waals surface area (Å²) in [7, 11) is 0.